The molecule has 1 N–H and O–H groups in total. The van der Waals surface area contributed by atoms with Gasteiger partial charge in [-0.3, -0.25) is 14.5 Å². The van der Waals surface area contributed by atoms with Gasteiger partial charge in [-0.05, 0) is 40.8 Å². The van der Waals surface area contributed by atoms with Crippen molar-refractivity contribution in [2.45, 2.75) is 6.54 Å². The lowest BCUT2D eigenvalue weighted by atomic mass is 10.1. The number of thiophene rings is 1. The molecule has 0 bridgehead atoms. The van der Waals surface area contributed by atoms with E-state index < -0.39 is 0 Å². The third kappa shape index (κ3) is 3.96. The Balaban J connectivity index is 1.42. The van der Waals surface area contributed by atoms with Gasteiger partial charge in [0.25, 0.3) is 5.91 Å². The van der Waals surface area contributed by atoms with Crippen LogP contribution in [0.1, 0.15) is 15.9 Å². The van der Waals surface area contributed by atoms with Crippen molar-refractivity contribution >= 4 is 17.2 Å². The second-order valence-corrected chi connectivity index (χ2v) is 7.17. The van der Waals surface area contributed by atoms with E-state index in [1.54, 1.807) is 34.6 Å². The summed E-state index contributed by atoms with van der Waals surface area (Å²) in [6.07, 6.45) is 7.30. The van der Waals surface area contributed by atoms with Crippen LogP contribution in [0.5, 0.6) is 0 Å². The smallest absolute Gasteiger partial charge is 0.251 e. The molecule has 0 saturated carbocycles. The van der Waals surface area contributed by atoms with Crippen LogP contribution in [0.25, 0.3) is 21.6 Å². The summed E-state index contributed by atoms with van der Waals surface area (Å²) in [6.45, 7) is 0.423. The van der Waals surface area contributed by atoms with Crippen LogP contribution in [0.2, 0.25) is 0 Å². The number of hydrogen-bond donors (Lipinski definition) is 1. The lowest BCUT2D eigenvalue weighted by Gasteiger charge is -2.07. The summed E-state index contributed by atoms with van der Waals surface area (Å²) in [5.41, 5.74) is 4.69. The van der Waals surface area contributed by atoms with Crippen LogP contribution >= 0.6 is 11.3 Å². The highest BCUT2D eigenvalue weighted by Crippen LogP contribution is 2.24. The van der Waals surface area contributed by atoms with Crippen LogP contribution in [0.15, 0.2) is 72.6 Å². The number of nitrogens with one attached hydrogen (secondary N) is 1. The third-order valence-corrected chi connectivity index (χ3v) is 5.16. The Morgan fingerprint density at radius 2 is 1.93 bits per heavy atom. The SMILES string of the molecule is Cn1cc(-c2cncc(CNC(=O)c3ccc(-c4cccs4)cc3)c2)cn1. The van der Waals surface area contributed by atoms with Gasteiger partial charge in [-0.1, -0.05) is 18.2 Å². The zero-order valence-electron chi connectivity index (χ0n) is 14.8. The number of amides is 1. The van der Waals surface area contributed by atoms with Crippen LogP contribution in [0.4, 0.5) is 0 Å². The minimum Gasteiger partial charge on any atom is -0.348 e. The number of carbonyl (C=O) groups is 1. The Bertz CT molecular complexity index is 1050. The highest BCUT2D eigenvalue weighted by atomic mass is 32.1. The molecule has 0 fully saturated rings. The van der Waals surface area contributed by atoms with Crippen molar-refractivity contribution in [3.05, 3.63) is 83.8 Å². The van der Waals surface area contributed by atoms with Crippen LogP contribution in [0, 0.1) is 0 Å². The summed E-state index contributed by atoms with van der Waals surface area (Å²) in [5, 5.41) is 9.18. The molecule has 0 saturated heterocycles. The first-order valence-electron chi connectivity index (χ1n) is 8.54. The minimum absolute atomic E-state index is 0.0977. The van der Waals surface area contributed by atoms with Crippen molar-refractivity contribution in [3.8, 4) is 21.6 Å². The van der Waals surface area contributed by atoms with Gasteiger partial charge in [0.2, 0.25) is 0 Å². The Labute approximate surface area is 161 Å². The second kappa shape index (κ2) is 7.55. The maximum Gasteiger partial charge on any atom is 0.251 e. The number of aromatic nitrogens is 3. The number of rotatable bonds is 5. The standard InChI is InChI=1S/C21H18N4OS/c1-25-14-19(13-24-25)18-9-15(10-22-12-18)11-23-21(26)17-6-4-16(5-7-17)20-3-2-8-27-20/h2-10,12-14H,11H2,1H3,(H,23,26). The van der Waals surface area contributed by atoms with Crippen molar-refractivity contribution < 1.29 is 4.79 Å². The first-order valence-corrected chi connectivity index (χ1v) is 9.42. The third-order valence-electron chi connectivity index (χ3n) is 4.24. The van der Waals surface area contributed by atoms with Crippen molar-refractivity contribution in [3.63, 3.8) is 0 Å². The van der Waals surface area contributed by atoms with Gasteiger partial charge in [0.15, 0.2) is 0 Å². The monoisotopic (exact) mass is 374 g/mol. The number of aryl methyl sites for hydroxylation is 1. The Morgan fingerprint density at radius 1 is 1.07 bits per heavy atom. The molecule has 0 aliphatic rings. The fourth-order valence-corrected chi connectivity index (χ4v) is 3.56. The molecule has 0 atom stereocenters. The van der Waals surface area contributed by atoms with Crippen LogP contribution in [-0.4, -0.2) is 20.7 Å². The molecule has 5 nitrogen and oxygen atoms in total. The Hall–Kier alpha value is -3.25. The first-order chi connectivity index (χ1) is 13.2. The van der Waals surface area contributed by atoms with Crippen molar-refractivity contribution in [1.82, 2.24) is 20.1 Å². The average Bonchev–Trinajstić information content (AvgIpc) is 3.38. The quantitative estimate of drug-likeness (QED) is 0.571. The zero-order valence-corrected chi connectivity index (χ0v) is 15.6. The fourth-order valence-electron chi connectivity index (χ4n) is 2.83. The maximum atomic E-state index is 12.4. The Morgan fingerprint density at radius 3 is 2.63 bits per heavy atom. The Kier molecular flexibility index (Phi) is 4.80. The summed E-state index contributed by atoms with van der Waals surface area (Å²) in [6, 6.07) is 13.8. The molecule has 0 aliphatic heterocycles. The van der Waals surface area contributed by atoms with Crippen molar-refractivity contribution in [1.29, 1.82) is 0 Å². The summed E-state index contributed by atoms with van der Waals surface area (Å²) in [7, 11) is 1.88. The van der Waals surface area contributed by atoms with Crippen LogP contribution in [-0.2, 0) is 13.6 Å². The maximum absolute atomic E-state index is 12.4. The molecule has 4 aromatic rings. The molecule has 0 unspecified atom stereocenters. The summed E-state index contributed by atoms with van der Waals surface area (Å²) in [4.78, 5) is 17.9. The van der Waals surface area contributed by atoms with Gasteiger partial charge in [0, 0.05) is 53.8 Å². The molecule has 3 heterocycles. The number of nitrogens with zero attached hydrogens (tertiary/aromatic N) is 3. The highest BCUT2D eigenvalue weighted by Gasteiger charge is 2.08. The first kappa shape index (κ1) is 17.2. The van der Waals surface area contributed by atoms with E-state index in [-0.39, 0.29) is 5.91 Å². The second-order valence-electron chi connectivity index (χ2n) is 6.22. The van der Waals surface area contributed by atoms with E-state index in [9.17, 15) is 4.79 Å². The lowest BCUT2D eigenvalue weighted by Crippen LogP contribution is -2.22. The number of benzene rings is 1. The normalized spacial score (nSPS) is 10.7. The van der Waals surface area contributed by atoms with Crippen molar-refractivity contribution in [2.75, 3.05) is 0 Å². The molecule has 0 aliphatic carbocycles. The molecule has 27 heavy (non-hydrogen) atoms. The number of hydrogen-bond acceptors (Lipinski definition) is 4. The topological polar surface area (TPSA) is 59.8 Å². The van der Waals surface area contributed by atoms with E-state index in [0.717, 1.165) is 22.3 Å². The molecule has 134 valence electrons. The molecule has 1 amide bonds. The molecule has 1 aromatic carbocycles. The highest BCUT2D eigenvalue weighted by molar-refractivity contribution is 7.13. The van der Waals surface area contributed by atoms with E-state index in [1.165, 1.54) is 4.88 Å². The van der Waals surface area contributed by atoms with E-state index in [2.05, 4.69) is 21.5 Å². The van der Waals surface area contributed by atoms with E-state index in [4.69, 9.17) is 0 Å². The summed E-state index contributed by atoms with van der Waals surface area (Å²) < 4.78 is 1.75. The minimum atomic E-state index is -0.0977. The zero-order chi connectivity index (χ0) is 18.6. The molecule has 4 rings (SSSR count). The van der Waals surface area contributed by atoms with E-state index in [1.807, 2.05) is 55.0 Å². The predicted octanol–water partition coefficient (Wildman–Crippen LogP) is 4.14. The van der Waals surface area contributed by atoms with E-state index >= 15 is 0 Å². The summed E-state index contributed by atoms with van der Waals surface area (Å²) in [5.74, 6) is -0.0977. The number of pyridine rings is 1. The van der Waals surface area contributed by atoms with Gasteiger partial charge in [-0.25, -0.2) is 0 Å². The van der Waals surface area contributed by atoms with Gasteiger partial charge in [-0.2, -0.15) is 5.10 Å². The van der Waals surface area contributed by atoms with Gasteiger partial charge >= 0.3 is 0 Å². The fraction of sp³-hybridized carbons (Fsp3) is 0.0952. The predicted molar refractivity (Wildman–Crippen MR) is 107 cm³/mol. The average molecular weight is 374 g/mol. The molecule has 6 heteroatoms. The van der Waals surface area contributed by atoms with Crippen LogP contribution in [0.3, 0.4) is 0 Å². The van der Waals surface area contributed by atoms with Gasteiger partial charge in [0.05, 0.1) is 6.20 Å². The van der Waals surface area contributed by atoms with Gasteiger partial charge in [-0.15, -0.1) is 11.3 Å². The largest absolute Gasteiger partial charge is 0.348 e. The molecular formula is C21H18N4OS. The lowest BCUT2D eigenvalue weighted by molar-refractivity contribution is 0.0951. The molecule has 3 aromatic heterocycles. The van der Waals surface area contributed by atoms with E-state index in [0.29, 0.717) is 12.1 Å². The van der Waals surface area contributed by atoms with Gasteiger partial charge < -0.3 is 5.32 Å². The summed E-state index contributed by atoms with van der Waals surface area (Å²) >= 11 is 1.69. The van der Waals surface area contributed by atoms with Crippen molar-refractivity contribution in [2.24, 2.45) is 7.05 Å². The van der Waals surface area contributed by atoms with Crippen LogP contribution < -0.4 is 5.32 Å². The van der Waals surface area contributed by atoms with Gasteiger partial charge in [0.1, 0.15) is 0 Å². The molecule has 0 radical (unpaired) electrons. The molecular weight excluding hydrogens is 356 g/mol. The molecule has 0 spiro atoms. The number of carbonyl (C=O) groups excluding carboxylic acids is 1.